The number of guanidine groups is 1. The molecule has 3 rings (SSSR count). The predicted molar refractivity (Wildman–Crippen MR) is 101 cm³/mol. The topological polar surface area (TPSA) is 61.9 Å². The summed E-state index contributed by atoms with van der Waals surface area (Å²) in [5, 5.41) is 0. The van der Waals surface area contributed by atoms with E-state index in [1.807, 2.05) is 23.1 Å². The van der Waals surface area contributed by atoms with Crippen molar-refractivity contribution in [3.8, 4) is 0 Å². The number of aliphatic imine (C=N–C) groups is 1. The first-order valence-electron chi connectivity index (χ1n) is 9.48. The number of nitrogens with two attached hydrogens (primary N) is 1. The molecule has 2 heterocycles. The minimum atomic E-state index is 0.251. The molecule has 2 fully saturated rings. The lowest BCUT2D eigenvalue weighted by molar-refractivity contribution is -0.127. The number of benzene rings is 1. The van der Waals surface area contributed by atoms with Crippen LogP contribution < -0.4 is 5.73 Å². The Bertz CT molecular complexity index is 593. The van der Waals surface area contributed by atoms with Crippen molar-refractivity contribution < 1.29 is 4.79 Å². The average Bonchev–Trinajstić information content (AvgIpc) is 2.99. The third-order valence-corrected chi connectivity index (χ3v) is 5.43. The third-order valence-electron chi connectivity index (χ3n) is 5.43. The number of hydrogen-bond acceptors (Lipinski definition) is 2. The first-order valence-corrected chi connectivity index (χ1v) is 9.48. The molecule has 1 atom stereocenters. The van der Waals surface area contributed by atoms with Gasteiger partial charge in [0.05, 0.1) is 0 Å². The van der Waals surface area contributed by atoms with Gasteiger partial charge >= 0.3 is 0 Å². The summed E-state index contributed by atoms with van der Waals surface area (Å²) in [6, 6.07) is 10.3. The van der Waals surface area contributed by atoms with E-state index < -0.39 is 0 Å². The maximum atomic E-state index is 12.2. The van der Waals surface area contributed by atoms with E-state index in [4.69, 9.17) is 5.73 Å². The molecular formula is C20H30N4O. The normalized spacial score (nSPS) is 22.7. The zero-order valence-corrected chi connectivity index (χ0v) is 15.2. The van der Waals surface area contributed by atoms with Crippen molar-refractivity contribution in [3.05, 3.63) is 35.9 Å². The van der Waals surface area contributed by atoms with Gasteiger partial charge in [-0.05, 0) is 30.7 Å². The number of carbonyl (C=O) groups is 1. The van der Waals surface area contributed by atoms with Crippen LogP contribution >= 0.6 is 0 Å². The van der Waals surface area contributed by atoms with Crippen LogP contribution in [0, 0.1) is 11.8 Å². The Kier molecular flexibility index (Phi) is 5.95. The van der Waals surface area contributed by atoms with Gasteiger partial charge in [-0.1, -0.05) is 37.3 Å². The molecule has 2 aliphatic heterocycles. The maximum Gasteiger partial charge on any atom is 0.223 e. The number of nitrogens with zero attached hydrogens (tertiary/aromatic N) is 3. The fourth-order valence-electron chi connectivity index (χ4n) is 3.66. The van der Waals surface area contributed by atoms with E-state index in [0.717, 1.165) is 38.5 Å². The lowest BCUT2D eigenvalue weighted by Gasteiger charge is -2.31. The van der Waals surface area contributed by atoms with Crippen molar-refractivity contribution in [2.75, 3.05) is 32.7 Å². The first-order chi connectivity index (χ1) is 12.1. The van der Waals surface area contributed by atoms with Crippen LogP contribution in [0.15, 0.2) is 35.3 Å². The molecule has 25 heavy (non-hydrogen) atoms. The second-order valence-electron chi connectivity index (χ2n) is 7.51. The summed E-state index contributed by atoms with van der Waals surface area (Å²) >= 11 is 0. The summed E-state index contributed by atoms with van der Waals surface area (Å²) in [5.41, 5.74) is 7.43. The van der Waals surface area contributed by atoms with E-state index in [1.54, 1.807) is 0 Å². The van der Waals surface area contributed by atoms with Crippen LogP contribution in [-0.4, -0.2) is 54.4 Å². The fraction of sp³-hybridized carbons (Fsp3) is 0.600. The Hall–Kier alpha value is -2.04. The monoisotopic (exact) mass is 342 g/mol. The number of carbonyl (C=O) groups excluding carboxylic acids is 1. The summed E-state index contributed by atoms with van der Waals surface area (Å²) < 4.78 is 0. The van der Waals surface area contributed by atoms with E-state index >= 15 is 0 Å². The molecule has 5 heteroatoms. The third kappa shape index (κ3) is 4.97. The van der Waals surface area contributed by atoms with Gasteiger partial charge in [-0.25, -0.2) is 0 Å². The zero-order valence-electron chi connectivity index (χ0n) is 15.2. The smallest absolute Gasteiger partial charge is 0.223 e. The largest absolute Gasteiger partial charge is 0.370 e. The van der Waals surface area contributed by atoms with Crippen LogP contribution in [-0.2, 0) is 11.2 Å². The molecule has 1 amide bonds. The SMILES string of the molecule is CC1CCN(C(N)=NCC2CC(=O)N(CCc3ccccc3)C2)CC1. The minimum absolute atomic E-state index is 0.251. The van der Waals surface area contributed by atoms with Crippen LogP contribution in [0.5, 0.6) is 0 Å². The van der Waals surface area contributed by atoms with Gasteiger partial charge in [-0.3, -0.25) is 9.79 Å². The van der Waals surface area contributed by atoms with Crippen molar-refractivity contribution in [1.82, 2.24) is 9.80 Å². The molecular weight excluding hydrogens is 312 g/mol. The van der Waals surface area contributed by atoms with Crippen LogP contribution in [0.4, 0.5) is 0 Å². The van der Waals surface area contributed by atoms with Gasteiger partial charge in [0.25, 0.3) is 0 Å². The molecule has 2 aliphatic rings. The molecule has 5 nitrogen and oxygen atoms in total. The van der Waals surface area contributed by atoms with Gasteiger partial charge in [0.2, 0.25) is 5.91 Å². The van der Waals surface area contributed by atoms with Crippen LogP contribution in [0.3, 0.4) is 0 Å². The fourth-order valence-corrected chi connectivity index (χ4v) is 3.66. The number of likely N-dealkylation sites (tertiary alicyclic amines) is 2. The molecule has 0 aromatic heterocycles. The van der Waals surface area contributed by atoms with Crippen molar-refractivity contribution in [1.29, 1.82) is 0 Å². The molecule has 2 saturated heterocycles. The highest BCUT2D eigenvalue weighted by Gasteiger charge is 2.29. The van der Waals surface area contributed by atoms with Crippen LogP contribution in [0.25, 0.3) is 0 Å². The number of piperidine rings is 1. The second kappa shape index (κ2) is 8.37. The highest BCUT2D eigenvalue weighted by atomic mass is 16.2. The van der Waals surface area contributed by atoms with Crippen LogP contribution in [0.1, 0.15) is 31.7 Å². The van der Waals surface area contributed by atoms with Gasteiger partial charge in [0.1, 0.15) is 0 Å². The van der Waals surface area contributed by atoms with Crippen molar-refractivity contribution in [2.45, 2.75) is 32.6 Å². The lowest BCUT2D eigenvalue weighted by Crippen LogP contribution is -2.42. The van der Waals surface area contributed by atoms with Gasteiger partial charge < -0.3 is 15.5 Å². The Morgan fingerprint density at radius 3 is 2.68 bits per heavy atom. The Morgan fingerprint density at radius 2 is 1.96 bits per heavy atom. The zero-order chi connectivity index (χ0) is 17.6. The second-order valence-corrected chi connectivity index (χ2v) is 7.51. The van der Waals surface area contributed by atoms with E-state index in [1.165, 1.54) is 18.4 Å². The first kappa shape index (κ1) is 17.8. The molecule has 0 saturated carbocycles. The quantitative estimate of drug-likeness (QED) is 0.659. The van der Waals surface area contributed by atoms with Crippen molar-refractivity contribution in [2.24, 2.45) is 22.6 Å². The average molecular weight is 342 g/mol. The summed E-state index contributed by atoms with van der Waals surface area (Å²) in [4.78, 5) is 21.0. The molecule has 0 spiro atoms. The van der Waals surface area contributed by atoms with Crippen molar-refractivity contribution in [3.63, 3.8) is 0 Å². The lowest BCUT2D eigenvalue weighted by atomic mass is 10.00. The molecule has 1 aromatic rings. The summed E-state index contributed by atoms with van der Waals surface area (Å²) in [6.07, 6.45) is 3.88. The molecule has 0 bridgehead atoms. The molecule has 1 aromatic carbocycles. The number of rotatable bonds is 5. The van der Waals surface area contributed by atoms with Crippen LogP contribution in [0.2, 0.25) is 0 Å². The standard InChI is InChI=1S/C20H30N4O/c1-16-7-10-23(11-8-16)20(21)22-14-18-13-19(25)24(15-18)12-9-17-5-3-2-4-6-17/h2-6,16,18H,7-15H2,1H3,(H2,21,22). The summed E-state index contributed by atoms with van der Waals surface area (Å²) in [7, 11) is 0. The highest BCUT2D eigenvalue weighted by Crippen LogP contribution is 2.19. The Morgan fingerprint density at radius 1 is 1.24 bits per heavy atom. The number of hydrogen-bond donors (Lipinski definition) is 1. The van der Waals surface area contributed by atoms with Gasteiger partial charge in [0, 0.05) is 45.1 Å². The van der Waals surface area contributed by atoms with E-state index in [9.17, 15) is 4.79 Å². The van der Waals surface area contributed by atoms with E-state index in [0.29, 0.717) is 24.8 Å². The van der Waals surface area contributed by atoms with Crippen molar-refractivity contribution >= 4 is 11.9 Å². The van der Waals surface area contributed by atoms with E-state index in [2.05, 4.69) is 28.9 Å². The molecule has 2 N–H and O–H groups in total. The summed E-state index contributed by atoms with van der Waals surface area (Å²) in [6.45, 7) is 6.55. The number of amides is 1. The predicted octanol–water partition coefficient (Wildman–Crippen LogP) is 2.12. The van der Waals surface area contributed by atoms with Gasteiger partial charge in [-0.2, -0.15) is 0 Å². The summed E-state index contributed by atoms with van der Waals surface area (Å²) in [5.74, 6) is 1.99. The minimum Gasteiger partial charge on any atom is -0.370 e. The molecule has 0 aliphatic carbocycles. The Balaban J connectivity index is 1.45. The maximum absolute atomic E-state index is 12.2. The highest BCUT2D eigenvalue weighted by molar-refractivity contribution is 5.79. The molecule has 1 unspecified atom stereocenters. The molecule has 136 valence electrons. The van der Waals surface area contributed by atoms with E-state index in [-0.39, 0.29) is 5.91 Å². The van der Waals surface area contributed by atoms with Gasteiger partial charge in [0.15, 0.2) is 5.96 Å². The van der Waals surface area contributed by atoms with Gasteiger partial charge in [-0.15, -0.1) is 0 Å². The Labute approximate surface area is 150 Å². The molecule has 0 radical (unpaired) electrons.